The third-order valence-corrected chi connectivity index (χ3v) is 4.92. The van der Waals surface area contributed by atoms with Crippen molar-refractivity contribution in [1.82, 2.24) is 10.3 Å². The average Bonchev–Trinajstić information content (AvgIpc) is 3.05. The van der Waals surface area contributed by atoms with E-state index in [1.807, 2.05) is 6.07 Å². The summed E-state index contributed by atoms with van der Waals surface area (Å²) in [5.41, 5.74) is 6.62. The minimum atomic E-state index is -0.0504. The van der Waals surface area contributed by atoms with Crippen LogP contribution >= 0.6 is 11.3 Å². The minimum Gasteiger partial charge on any atom is -0.397 e. The summed E-state index contributed by atoms with van der Waals surface area (Å²) in [5.74, 6) is 0.590. The zero-order valence-electron chi connectivity index (χ0n) is 10.7. The average molecular weight is 275 g/mol. The van der Waals surface area contributed by atoms with Crippen molar-refractivity contribution in [2.75, 3.05) is 12.3 Å². The van der Waals surface area contributed by atoms with Crippen LogP contribution in [0.2, 0.25) is 0 Å². The van der Waals surface area contributed by atoms with Crippen LogP contribution in [0.3, 0.4) is 0 Å². The van der Waals surface area contributed by atoms with E-state index in [2.05, 4.69) is 10.3 Å². The largest absolute Gasteiger partial charge is 0.397 e. The number of nitrogen functional groups attached to an aromatic ring is 1. The minimum absolute atomic E-state index is 0.0504. The van der Waals surface area contributed by atoms with Gasteiger partial charge >= 0.3 is 0 Å². The number of carbonyl (C=O) groups excluding carboxylic acids is 1. The lowest BCUT2D eigenvalue weighted by Gasteiger charge is -2.09. The second-order valence-electron chi connectivity index (χ2n) is 5.08. The molecule has 2 aromatic heterocycles. The second kappa shape index (κ2) is 5.17. The number of rotatable bonds is 3. The Kier molecular flexibility index (Phi) is 3.38. The van der Waals surface area contributed by atoms with Crippen molar-refractivity contribution in [2.45, 2.75) is 25.7 Å². The molecule has 4 nitrogen and oxygen atoms in total. The van der Waals surface area contributed by atoms with Gasteiger partial charge in [0, 0.05) is 24.3 Å². The molecule has 0 saturated heterocycles. The van der Waals surface area contributed by atoms with Crippen LogP contribution in [0.5, 0.6) is 0 Å². The topological polar surface area (TPSA) is 68.0 Å². The number of hydrogen-bond acceptors (Lipinski definition) is 4. The Morgan fingerprint density at radius 1 is 1.47 bits per heavy atom. The molecule has 2 aromatic rings. The number of thiophene rings is 1. The molecule has 100 valence electrons. The summed E-state index contributed by atoms with van der Waals surface area (Å²) in [6, 6.07) is 1.86. The molecule has 1 aliphatic rings. The first-order valence-corrected chi connectivity index (χ1v) is 7.47. The van der Waals surface area contributed by atoms with Crippen LogP contribution < -0.4 is 11.1 Å². The van der Waals surface area contributed by atoms with E-state index in [9.17, 15) is 4.79 Å². The van der Waals surface area contributed by atoms with Crippen molar-refractivity contribution in [3.63, 3.8) is 0 Å². The Morgan fingerprint density at radius 3 is 3.00 bits per heavy atom. The molecule has 0 bridgehead atoms. The Labute approximate surface area is 116 Å². The van der Waals surface area contributed by atoms with Crippen molar-refractivity contribution in [3.8, 4) is 0 Å². The highest BCUT2D eigenvalue weighted by Gasteiger charge is 2.19. The lowest BCUT2D eigenvalue weighted by molar-refractivity contribution is 0.0952. The number of nitrogens with one attached hydrogen (secondary N) is 1. The van der Waals surface area contributed by atoms with Gasteiger partial charge in [-0.1, -0.05) is 12.8 Å². The molecular weight excluding hydrogens is 258 g/mol. The fourth-order valence-electron chi connectivity index (χ4n) is 2.67. The fourth-order valence-corrected chi connectivity index (χ4v) is 3.68. The summed E-state index contributed by atoms with van der Waals surface area (Å²) < 4.78 is 0.964. The summed E-state index contributed by atoms with van der Waals surface area (Å²) in [6.07, 6.45) is 8.49. The number of fused-ring (bicyclic) bond motifs is 1. The van der Waals surface area contributed by atoms with E-state index in [0.29, 0.717) is 16.5 Å². The van der Waals surface area contributed by atoms with Gasteiger partial charge < -0.3 is 11.1 Å². The number of carbonyl (C=O) groups is 1. The van der Waals surface area contributed by atoms with E-state index in [1.165, 1.54) is 37.0 Å². The summed E-state index contributed by atoms with van der Waals surface area (Å²) in [6.45, 7) is 0.769. The zero-order valence-corrected chi connectivity index (χ0v) is 11.5. The molecule has 0 radical (unpaired) electrons. The van der Waals surface area contributed by atoms with Gasteiger partial charge in [0.25, 0.3) is 5.91 Å². The third kappa shape index (κ3) is 2.42. The summed E-state index contributed by atoms with van der Waals surface area (Å²) in [5, 5.41) is 3.94. The van der Waals surface area contributed by atoms with Gasteiger partial charge in [0.1, 0.15) is 4.88 Å². The van der Waals surface area contributed by atoms with Crippen molar-refractivity contribution in [1.29, 1.82) is 0 Å². The van der Waals surface area contributed by atoms with Crippen molar-refractivity contribution < 1.29 is 4.79 Å². The number of nitrogens with zero attached hydrogens (tertiary/aromatic N) is 1. The van der Waals surface area contributed by atoms with E-state index in [4.69, 9.17) is 5.73 Å². The van der Waals surface area contributed by atoms with Gasteiger partial charge in [0.2, 0.25) is 0 Å². The van der Waals surface area contributed by atoms with Gasteiger partial charge in [-0.15, -0.1) is 11.3 Å². The van der Waals surface area contributed by atoms with Crippen LogP contribution in [0.4, 0.5) is 5.69 Å². The zero-order chi connectivity index (χ0) is 13.2. The maximum Gasteiger partial charge on any atom is 0.263 e. The molecule has 0 unspecified atom stereocenters. The Morgan fingerprint density at radius 2 is 2.26 bits per heavy atom. The Hall–Kier alpha value is -1.62. The van der Waals surface area contributed by atoms with Crippen LogP contribution in [-0.4, -0.2) is 17.4 Å². The van der Waals surface area contributed by atoms with Crippen molar-refractivity contribution in [2.24, 2.45) is 5.92 Å². The number of pyridine rings is 1. The normalized spacial score (nSPS) is 16.0. The number of nitrogens with two attached hydrogens (primary N) is 1. The highest BCUT2D eigenvalue weighted by atomic mass is 32.1. The smallest absolute Gasteiger partial charge is 0.263 e. The molecule has 0 aromatic carbocycles. The number of amides is 1. The lowest BCUT2D eigenvalue weighted by atomic mass is 10.1. The first-order valence-electron chi connectivity index (χ1n) is 6.66. The predicted octanol–water partition coefficient (Wildman–Crippen LogP) is 2.80. The molecule has 0 atom stereocenters. The standard InChI is InChI=1S/C14H17N3OS/c15-12-10-5-6-16-8-11(10)19-13(12)14(18)17-7-9-3-1-2-4-9/h5-6,8-9H,1-4,7,15H2,(H,17,18). The van der Waals surface area contributed by atoms with Gasteiger partial charge in [-0.3, -0.25) is 9.78 Å². The molecule has 5 heteroatoms. The second-order valence-corrected chi connectivity index (χ2v) is 6.13. The van der Waals surface area contributed by atoms with Crippen LogP contribution in [0.25, 0.3) is 10.1 Å². The fraction of sp³-hybridized carbons (Fsp3) is 0.429. The van der Waals surface area contributed by atoms with E-state index in [0.717, 1.165) is 16.6 Å². The highest BCUT2D eigenvalue weighted by Crippen LogP contribution is 2.32. The Balaban J connectivity index is 1.75. The quantitative estimate of drug-likeness (QED) is 0.905. The third-order valence-electron chi connectivity index (χ3n) is 3.76. The van der Waals surface area contributed by atoms with Crippen LogP contribution in [-0.2, 0) is 0 Å². The van der Waals surface area contributed by atoms with Crippen LogP contribution in [0.15, 0.2) is 18.5 Å². The van der Waals surface area contributed by atoms with Crippen molar-refractivity contribution in [3.05, 3.63) is 23.3 Å². The number of hydrogen-bond donors (Lipinski definition) is 2. The molecule has 3 rings (SSSR count). The predicted molar refractivity (Wildman–Crippen MR) is 78.3 cm³/mol. The summed E-state index contributed by atoms with van der Waals surface area (Å²) in [4.78, 5) is 16.9. The van der Waals surface area contributed by atoms with Crippen LogP contribution in [0.1, 0.15) is 35.4 Å². The maximum atomic E-state index is 12.2. The monoisotopic (exact) mass is 275 g/mol. The molecule has 0 aliphatic heterocycles. The van der Waals surface area contributed by atoms with E-state index in [-0.39, 0.29) is 5.91 Å². The van der Waals surface area contributed by atoms with E-state index < -0.39 is 0 Å². The molecule has 19 heavy (non-hydrogen) atoms. The van der Waals surface area contributed by atoms with Gasteiger partial charge in [-0.25, -0.2) is 0 Å². The molecule has 1 aliphatic carbocycles. The Bertz CT molecular complexity index is 602. The maximum absolute atomic E-state index is 12.2. The molecule has 1 amide bonds. The van der Waals surface area contributed by atoms with E-state index in [1.54, 1.807) is 12.4 Å². The molecule has 1 saturated carbocycles. The number of anilines is 1. The van der Waals surface area contributed by atoms with Gasteiger partial charge in [-0.05, 0) is 24.8 Å². The molecule has 2 heterocycles. The first kappa shape index (κ1) is 12.4. The van der Waals surface area contributed by atoms with Crippen LogP contribution in [0, 0.1) is 5.92 Å². The van der Waals surface area contributed by atoms with E-state index >= 15 is 0 Å². The summed E-state index contributed by atoms with van der Waals surface area (Å²) in [7, 11) is 0. The van der Waals surface area contributed by atoms with Gasteiger partial charge in [-0.2, -0.15) is 0 Å². The molecule has 1 fully saturated rings. The molecule has 3 N–H and O–H groups in total. The SMILES string of the molecule is Nc1c(C(=O)NCC2CCCC2)sc2cnccc12. The molecular formula is C14H17N3OS. The highest BCUT2D eigenvalue weighted by molar-refractivity contribution is 7.21. The molecule has 0 spiro atoms. The first-order chi connectivity index (χ1) is 9.25. The van der Waals surface area contributed by atoms with Gasteiger partial charge in [0.15, 0.2) is 0 Å². The van der Waals surface area contributed by atoms with Crippen molar-refractivity contribution >= 4 is 33.0 Å². The lowest BCUT2D eigenvalue weighted by Crippen LogP contribution is -2.28. The van der Waals surface area contributed by atoms with Gasteiger partial charge in [0.05, 0.1) is 10.4 Å². The summed E-state index contributed by atoms with van der Waals surface area (Å²) >= 11 is 1.41. The number of aromatic nitrogens is 1.